The summed E-state index contributed by atoms with van der Waals surface area (Å²) < 4.78 is 3.18. The first-order valence-corrected chi connectivity index (χ1v) is 5.97. The van der Waals surface area contributed by atoms with Crippen molar-refractivity contribution >= 4 is 31.9 Å². The third kappa shape index (κ3) is 2.33. The molecule has 0 aromatic carbocycles. The van der Waals surface area contributed by atoms with E-state index in [1.54, 1.807) is 0 Å². The van der Waals surface area contributed by atoms with Gasteiger partial charge in [-0.05, 0) is 22.4 Å². The van der Waals surface area contributed by atoms with Gasteiger partial charge in [0.05, 0.1) is 16.4 Å². The van der Waals surface area contributed by atoms with Gasteiger partial charge in [0.25, 0.3) is 0 Å². The summed E-state index contributed by atoms with van der Waals surface area (Å²) in [5.74, 6) is 0. The molecule has 1 heterocycles. The van der Waals surface area contributed by atoms with E-state index in [1.165, 1.54) is 5.69 Å². The van der Waals surface area contributed by atoms with E-state index in [0.717, 1.165) is 29.2 Å². The van der Waals surface area contributed by atoms with Gasteiger partial charge in [-0.3, -0.25) is 4.68 Å². The Hall–Kier alpha value is 0.170. The average molecular weight is 296 g/mol. The van der Waals surface area contributed by atoms with E-state index < -0.39 is 0 Å². The maximum Gasteiger partial charge on any atom is 0.0635 e. The molecule has 0 aliphatic rings. The second-order valence-electron chi connectivity index (χ2n) is 2.60. The highest BCUT2D eigenvalue weighted by atomic mass is 79.9. The van der Waals surface area contributed by atoms with Crippen molar-refractivity contribution in [1.82, 2.24) is 9.78 Å². The molecule has 1 aromatic heterocycles. The average Bonchev–Trinajstić information content (AvgIpc) is 2.37. The lowest BCUT2D eigenvalue weighted by molar-refractivity contribution is 0.577. The van der Waals surface area contributed by atoms with Crippen molar-refractivity contribution in [3.8, 4) is 0 Å². The summed E-state index contributed by atoms with van der Waals surface area (Å²) in [5.41, 5.74) is 1.29. The Bertz CT molecular complexity index is 245. The lowest BCUT2D eigenvalue weighted by Crippen LogP contribution is -2.05. The second-order valence-corrected chi connectivity index (χ2v) is 4.25. The van der Waals surface area contributed by atoms with Crippen molar-refractivity contribution < 1.29 is 0 Å². The number of nitrogens with zero attached hydrogens (tertiary/aromatic N) is 2. The molecule has 1 aromatic rings. The van der Waals surface area contributed by atoms with Gasteiger partial charge < -0.3 is 0 Å². The number of aromatic nitrogens is 2. The molecule has 0 unspecified atom stereocenters. The highest BCUT2D eigenvalue weighted by Crippen LogP contribution is 2.17. The first kappa shape index (κ1) is 10.3. The van der Waals surface area contributed by atoms with E-state index >= 15 is 0 Å². The number of hydrogen-bond acceptors (Lipinski definition) is 1. The molecular weight excluding hydrogens is 284 g/mol. The first-order chi connectivity index (χ1) is 5.79. The molecule has 0 saturated carbocycles. The number of halogens is 2. The molecular formula is C8H12Br2N2. The molecule has 0 atom stereocenters. The Morgan fingerprint density at radius 3 is 2.92 bits per heavy atom. The second kappa shape index (κ2) is 5.02. The van der Waals surface area contributed by atoms with E-state index in [1.807, 2.05) is 6.20 Å². The van der Waals surface area contributed by atoms with E-state index in [-0.39, 0.29) is 0 Å². The zero-order valence-electron chi connectivity index (χ0n) is 7.06. The Kier molecular flexibility index (Phi) is 4.29. The monoisotopic (exact) mass is 294 g/mol. The standard InChI is InChI=1S/C8H12Br2N2/c1-2-5-12-8(3-4-9)7(10)6-11-12/h6H,2-5H2,1H3. The minimum atomic E-state index is 0.987. The van der Waals surface area contributed by atoms with Crippen LogP contribution in [0.25, 0.3) is 0 Å². The fraction of sp³-hybridized carbons (Fsp3) is 0.625. The molecule has 0 bridgehead atoms. The largest absolute Gasteiger partial charge is 0.268 e. The molecule has 1 rings (SSSR count). The molecule has 0 fully saturated rings. The van der Waals surface area contributed by atoms with Crippen LogP contribution in [-0.2, 0) is 13.0 Å². The SMILES string of the molecule is CCCn1ncc(Br)c1CCBr. The minimum absolute atomic E-state index is 0.987. The van der Waals surface area contributed by atoms with Gasteiger partial charge >= 0.3 is 0 Å². The molecule has 0 radical (unpaired) electrons. The molecule has 2 nitrogen and oxygen atoms in total. The molecule has 0 aliphatic heterocycles. The summed E-state index contributed by atoms with van der Waals surface area (Å²) in [7, 11) is 0. The van der Waals surface area contributed by atoms with Crippen molar-refractivity contribution in [2.45, 2.75) is 26.3 Å². The summed E-state index contributed by atoms with van der Waals surface area (Å²) in [5, 5.41) is 5.26. The van der Waals surface area contributed by atoms with Crippen LogP contribution in [0, 0.1) is 0 Å². The summed E-state index contributed by atoms with van der Waals surface area (Å²) in [6.07, 6.45) is 4.03. The molecule has 12 heavy (non-hydrogen) atoms. The number of aryl methyl sites for hydroxylation is 1. The quantitative estimate of drug-likeness (QED) is 0.781. The summed E-state index contributed by atoms with van der Waals surface area (Å²) in [4.78, 5) is 0. The predicted octanol–water partition coefficient (Wildman–Crippen LogP) is 2.99. The van der Waals surface area contributed by atoms with Gasteiger partial charge in [0, 0.05) is 18.3 Å². The van der Waals surface area contributed by atoms with Crippen LogP contribution in [0.5, 0.6) is 0 Å². The van der Waals surface area contributed by atoms with E-state index in [2.05, 4.69) is 48.6 Å². The highest BCUT2D eigenvalue weighted by molar-refractivity contribution is 9.10. The van der Waals surface area contributed by atoms with Crippen molar-refractivity contribution in [3.05, 3.63) is 16.4 Å². The highest BCUT2D eigenvalue weighted by Gasteiger charge is 2.06. The third-order valence-electron chi connectivity index (χ3n) is 1.66. The fourth-order valence-electron chi connectivity index (χ4n) is 1.13. The van der Waals surface area contributed by atoms with Gasteiger partial charge in [-0.15, -0.1) is 0 Å². The summed E-state index contributed by atoms with van der Waals surface area (Å²) in [6.45, 7) is 3.17. The molecule has 4 heteroatoms. The zero-order valence-corrected chi connectivity index (χ0v) is 10.2. The maximum absolute atomic E-state index is 4.27. The van der Waals surface area contributed by atoms with Crippen molar-refractivity contribution in [2.75, 3.05) is 5.33 Å². The summed E-state index contributed by atoms with van der Waals surface area (Å²) in [6, 6.07) is 0. The van der Waals surface area contributed by atoms with Crippen molar-refractivity contribution in [1.29, 1.82) is 0 Å². The van der Waals surface area contributed by atoms with Crippen LogP contribution in [0.2, 0.25) is 0 Å². The van der Waals surface area contributed by atoms with Gasteiger partial charge in [-0.1, -0.05) is 22.9 Å². The molecule has 0 amide bonds. The van der Waals surface area contributed by atoms with E-state index in [0.29, 0.717) is 0 Å². The Morgan fingerprint density at radius 1 is 1.58 bits per heavy atom. The summed E-state index contributed by atoms with van der Waals surface area (Å²) >= 11 is 6.91. The van der Waals surface area contributed by atoms with Crippen LogP contribution in [0.4, 0.5) is 0 Å². The van der Waals surface area contributed by atoms with Crippen LogP contribution in [0.15, 0.2) is 10.7 Å². The topological polar surface area (TPSA) is 17.8 Å². The molecule has 0 spiro atoms. The number of hydrogen-bond donors (Lipinski definition) is 0. The van der Waals surface area contributed by atoms with E-state index in [4.69, 9.17) is 0 Å². The third-order valence-corrected chi connectivity index (χ3v) is 2.72. The van der Waals surface area contributed by atoms with Crippen LogP contribution < -0.4 is 0 Å². The van der Waals surface area contributed by atoms with Crippen LogP contribution in [0.1, 0.15) is 19.0 Å². The van der Waals surface area contributed by atoms with Gasteiger partial charge in [0.1, 0.15) is 0 Å². The van der Waals surface area contributed by atoms with Crippen LogP contribution >= 0.6 is 31.9 Å². The zero-order chi connectivity index (χ0) is 8.97. The normalized spacial score (nSPS) is 10.6. The Balaban J connectivity index is 2.80. The van der Waals surface area contributed by atoms with Crippen molar-refractivity contribution in [3.63, 3.8) is 0 Å². The maximum atomic E-state index is 4.27. The van der Waals surface area contributed by atoms with Crippen LogP contribution in [0.3, 0.4) is 0 Å². The predicted molar refractivity (Wildman–Crippen MR) is 57.7 cm³/mol. The molecule has 0 aliphatic carbocycles. The van der Waals surface area contributed by atoms with Gasteiger partial charge in [-0.2, -0.15) is 5.10 Å². The van der Waals surface area contributed by atoms with Gasteiger partial charge in [-0.25, -0.2) is 0 Å². The number of rotatable bonds is 4. The number of alkyl halides is 1. The smallest absolute Gasteiger partial charge is 0.0635 e. The Labute approximate surface area is 89.6 Å². The van der Waals surface area contributed by atoms with Crippen molar-refractivity contribution in [2.24, 2.45) is 0 Å². The first-order valence-electron chi connectivity index (χ1n) is 4.05. The Morgan fingerprint density at radius 2 is 2.33 bits per heavy atom. The van der Waals surface area contributed by atoms with Gasteiger partial charge in [0.15, 0.2) is 0 Å². The lowest BCUT2D eigenvalue weighted by atomic mass is 10.3. The molecule has 68 valence electrons. The fourth-order valence-corrected chi connectivity index (χ4v) is 2.00. The van der Waals surface area contributed by atoms with Crippen LogP contribution in [-0.4, -0.2) is 15.1 Å². The molecule has 0 saturated heterocycles. The van der Waals surface area contributed by atoms with Gasteiger partial charge in [0.2, 0.25) is 0 Å². The minimum Gasteiger partial charge on any atom is -0.268 e. The van der Waals surface area contributed by atoms with E-state index in [9.17, 15) is 0 Å². The lowest BCUT2D eigenvalue weighted by Gasteiger charge is -2.04. The molecule has 0 N–H and O–H groups in total.